The summed E-state index contributed by atoms with van der Waals surface area (Å²) in [6.45, 7) is 7.55. The summed E-state index contributed by atoms with van der Waals surface area (Å²) >= 11 is 6.05. The van der Waals surface area contributed by atoms with Gasteiger partial charge in [-0.3, -0.25) is 9.59 Å². The second-order valence-electron chi connectivity index (χ2n) is 10.3. The quantitative estimate of drug-likeness (QED) is 0.227. The van der Waals surface area contributed by atoms with Crippen molar-refractivity contribution in [1.82, 2.24) is 15.5 Å². The molecule has 2 amide bonds. The minimum atomic E-state index is -1.10. The molecule has 220 valence electrons. The maximum absolute atomic E-state index is 13.9. The van der Waals surface area contributed by atoms with Gasteiger partial charge < -0.3 is 20.6 Å². The fourth-order valence-electron chi connectivity index (χ4n) is 4.75. The molecule has 2 atom stereocenters. The van der Waals surface area contributed by atoms with Crippen LogP contribution in [-0.2, 0) is 13.0 Å². The number of nitrogens with one attached hydrogen (secondary N) is 2. The molecule has 3 rings (SSSR count). The Kier molecular flexibility index (Phi) is 12.3. The summed E-state index contributed by atoms with van der Waals surface area (Å²) in [5, 5.41) is 17.6. The van der Waals surface area contributed by atoms with Crippen LogP contribution in [0.25, 0.3) is 0 Å². The number of amides is 2. The van der Waals surface area contributed by atoms with Gasteiger partial charge >= 0.3 is 0 Å². The molecule has 0 aromatic heterocycles. The van der Waals surface area contributed by atoms with Crippen LogP contribution in [-0.4, -0.2) is 53.6 Å². The molecule has 3 aromatic rings. The zero-order valence-corrected chi connectivity index (χ0v) is 24.5. The molecule has 0 unspecified atom stereocenters. The van der Waals surface area contributed by atoms with Crippen LogP contribution in [0.1, 0.15) is 64.1 Å². The molecule has 0 aliphatic heterocycles. The molecule has 3 N–H and O–H groups in total. The van der Waals surface area contributed by atoms with Gasteiger partial charge in [0.25, 0.3) is 11.8 Å². The van der Waals surface area contributed by atoms with Crippen LogP contribution in [0.3, 0.4) is 0 Å². The first-order valence-electron chi connectivity index (χ1n) is 13.9. The van der Waals surface area contributed by atoms with Gasteiger partial charge in [0.05, 0.1) is 12.1 Å². The number of carbonyl (C=O) groups is 2. The first-order chi connectivity index (χ1) is 19.6. The van der Waals surface area contributed by atoms with Crippen molar-refractivity contribution in [3.05, 3.63) is 105 Å². The van der Waals surface area contributed by atoms with Gasteiger partial charge in [-0.05, 0) is 85.3 Å². The Morgan fingerprint density at radius 1 is 0.927 bits per heavy atom. The minimum Gasteiger partial charge on any atom is -0.390 e. The van der Waals surface area contributed by atoms with Crippen molar-refractivity contribution in [2.24, 2.45) is 0 Å². The smallest absolute Gasteiger partial charge is 0.253 e. The van der Waals surface area contributed by atoms with E-state index in [1.165, 1.54) is 12.1 Å². The molecule has 0 aliphatic carbocycles. The van der Waals surface area contributed by atoms with Crippen LogP contribution >= 0.6 is 11.6 Å². The van der Waals surface area contributed by atoms with E-state index in [1.807, 2.05) is 26.0 Å². The Labute approximate surface area is 245 Å². The minimum absolute atomic E-state index is 0.0151. The third kappa shape index (κ3) is 9.92. The Balaban J connectivity index is 1.81. The number of hydrogen-bond acceptors (Lipinski definition) is 4. The molecule has 0 aliphatic rings. The van der Waals surface area contributed by atoms with Crippen molar-refractivity contribution in [2.45, 2.75) is 58.7 Å². The number of nitrogens with zero attached hydrogens (tertiary/aromatic N) is 1. The number of aliphatic hydroxyl groups excluding tert-OH is 1. The molecule has 0 radical (unpaired) electrons. The van der Waals surface area contributed by atoms with E-state index < -0.39 is 29.7 Å². The highest BCUT2D eigenvalue weighted by molar-refractivity contribution is 6.30. The van der Waals surface area contributed by atoms with E-state index in [0.717, 1.165) is 30.0 Å². The third-order valence-corrected chi connectivity index (χ3v) is 6.83. The van der Waals surface area contributed by atoms with Gasteiger partial charge in [0.1, 0.15) is 11.6 Å². The predicted octanol–water partition coefficient (Wildman–Crippen LogP) is 5.68. The number of aryl methyl sites for hydroxylation is 1. The predicted molar refractivity (Wildman–Crippen MR) is 158 cm³/mol. The number of hydrogen-bond donors (Lipinski definition) is 3. The SMILES string of the molecule is CCCN(CCC)C(=O)c1cc(C)cc(C(=O)N[C@@H](Cc2cc(F)cc(F)c2)[C@H](O)CNCc2cccc(Cl)c2)c1. The Morgan fingerprint density at radius 2 is 1.59 bits per heavy atom. The van der Waals surface area contributed by atoms with Crippen LogP contribution in [0.2, 0.25) is 5.02 Å². The summed E-state index contributed by atoms with van der Waals surface area (Å²) in [7, 11) is 0. The highest BCUT2D eigenvalue weighted by Crippen LogP contribution is 2.16. The Hall–Kier alpha value is -3.33. The first kappa shape index (κ1) is 32.2. The molecule has 9 heteroatoms. The average molecular weight is 586 g/mol. The van der Waals surface area contributed by atoms with Crippen LogP contribution < -0.4 is 10.6 Å². The highest BCUT2D eigenvalue weighted by Gasteiger charge is 2.24. The largest absolute Gasteiger partial charge is 0.390 e. The van der Waals surface area contributed by atoms with Crippen molar-refractivity contribution < 1.29 is 23.5 Å². The van der Waals surface area contributed by atoms with E-state index in [-0.39, 0.29) is 30.0 Å². The van der Waals surface area contributed by atoms with E-state index in [1.54, 1.807) is 42.2 Å². The lowest BCUT2D eigenvalue weighted by Gasteiger charge is -2.25. The normalized spacial score (nSPS) is 12.6. The summed E-state index contributed by atoms with van der Waals surface area (Å²) in [6, 6.07) is 14.5. The fourth-order valence-corrected chi connectivity index (χ4v) is 4.96. The number of rotatable bonds is 14. The van der Waals surface area contributed by atoms with E-state index >= 15 is 0 Å². The summed E-state index contributed by atoms with van der Waals surface area (Å²) in [6.07, 6.45) is 0.520. The summed E-state index contributed by atoms with van der Waals surface area (Å²) in [4.78, 5) is 28.4. The number of aliphatic hydroxyl groups is 1. The highest BCUT2D eigenvalue weighted by atomic mass is 35.5. The maximum atomic E-state index is 13.9. The molecule has 0 saturated heterocycles. The molecule has 0 bridgehead atoms. The number of carbonyl (C=O) groups excluding carboxylic acids is 2. The van der Waals surface area contributed by atoms with Crippen molar-refractivity contribution in [3.63, 3.8) is 0 Å². The van der Waals surface area contributed by atoms with Crippen LogP contribution in [0.5, 0.6) is 0 Å². The van der Waals surface area contributed by atoms with Crippen molar-refractivity contribution in [2.75, 3.05) is 19.6 Å². The van der Waals surface area contributed by atoms with E-state index in [9.17, 15) is 23.5 Å². The molecule has 6 nitrogen and oxygen atoms in total. The Bertz CT molecular complexity index is 1310. The fraction of sp³-hybridized carbons (Fsp3) is 0.375. The number of benzene rings is 3. The summed E-state index contributed by atoms with van der Waals surface area (Å²) in [5.41, 5.74) is 2.60. The molecule has 0 spiro atoms. The zero-order valence-electron chi connectivity index (χ0n) is 23.7. The van der Waals surface area contributed by atoms with E-state index in [2.05, 4.69) is 10.6 Å². The van der Waals surface area contributed by atoms with Crippen molar-refractivity contribution in [3.8, 4) is 0 Å². The van der Waals surface area contributed by atoms with Gasteiger partial charge in [-0.1, -0.05) is 37.6 Å². The lowest BCUT2D eigenvalue weighted by atomic mass is 9.99. The van der Waals surface area contributed by atoms with Gasteiger partial charge in [0, 0.05) is 48.4 Å². The van der Waals surface area contributed by atoms with Crippen LogP contribution in [0, 0.1) is 18.6 Å². The van der Waals surface area contributed by atoms with Gasteiger partial charge in [-0.25, -0.2) is 8.78 Å². The van der Waals surface area contributed by atoms with Crippen molar-refractivity contribution >= 4 is 23.4 Å². The lowest BCUT2D eigenvalue weighted by Crippen LogP contribution is -2.48. The molecular weight excluding hydrogens is 548 g/mol. The second-order valence-corrected chi connectivity index (χ2v) is 10.7. The lowest BCUT2D eigenvalue weighted by molar-refractivity contribution is 0.0755. The monoisotopic (exact) mass is 585 g/mol. The summed E-state index contributed by atoms with van der Waals surface area (Å²) in [5.74, 6) is -2.15. The molecule has 0 fully saturated rings. The summed E-state index contributed by atoms with van der Waals surface area (Å²) < 4.78 is 27.8. The van der Waals surface area contributed by atoms with Crippen LogP contribution in [0.15, 0.2) is 60.7 Å². The molecular formula is C32H38ClF2N3O3. The van der Waals surface area contributed by atoms with Crippen molar-refractivity contribution in [1.29, 1.82) is 0 Å². The maximum Gasteiger partial charge on any atom is 0.253 e. The molecule has 0 heterocycles. The van der Waals surface area contributed by atoms with Gasteiger partial charge in [0.2, 0.25) is 0 Å². The van der Waals surface area contributed by atoms with E-state index in [4.69, 9.17) is 11.6 Å². The van der Waals surface area contributed by atoms with Gasteiger partial charge in [-0.2, -0.15) is 0 Å². The molecule has 3 aromatic carbocycles. The standard InChI is InChI=1S/C32H38ClF2N3O3/c1-4-9-38(10-5-2)32(41)25-12-21(3)11-24(17-25)31(40)37-29(16-23-14-27(34)18-28(35)15-23)30(39)20-36-19-22-7-6-8-26(33)13-22/h6-8,11-15,17-18,29-30,36,39H,4-5,9-10,16,19-20H2,1-3H3,(H,37,40)/t29-,30+/m0/s1. The second kappa shape index (κ2) is 15.6. The zero-order chi connectivity index (χ0) is 29.9. The third-order valence-electron chi connectivity index (χ3n) is 6.59. The number of halogens is 3. The molecule has 41 heavy (non-hydrogen) atoms. The Morgan fingerprint density at radius 3 is 2.22 bits per heavy atom. The topological polar surface area (TPSA) is 81.7 Å². The molecule has 0 saturated carbocycles. The van der Waals surface area contributed by atoms with Crippen LogP contribution in [0.4, 0.5) is 8.78 Å². The van der Waals surface area contributed by atoms with E-state index in [0.29, 0.717) is 30.2 Å². The first-order valence-corrected chi connectivity index (χ1v) is 14.3. The van der Waals surface area contributed by atoms with Gasteiger partial charge in [-0.15, -0.1) is 0 Å². The van der Waals surface area contributed by atoms with Gasteiger partial charge in [0.15, 0.2) is 0 Å². The average Bonchev–Trinajstić information content (AvgIpc) is 2.91.